The molecule has 2 N–H and O–H groups in total. The highest BCUT2D eigenvalue weighted by Gasteiger charge is 2.10. The lowest BCUT2D eigenvalue weighted by atomic mass is 10.1. The molecule has 20 heavy (non-hydrogen) atoms. The predicted molar refractivity (Wildman–Crippen MR) is 75.7 cm³/mol. The Morgan fingerprint density at radius 2 is 2.15 bits per heavy atom. The molecule has 1 unspecified atom stereocenters. The maximum atomic E-state index is 11.7. The third-order valence-corrected chi connectivity index (χ3v) is 3.06. The van der Waals surface area contributed by atoms with Crippen LogP contribution in [0.1, 0.15) is 25.3 Å². The maximum Gasteiger partial charge on any atom is 0.306 e. The monoisotopic (exact) mass is 279 g/mol. The van der Waals surface area contributed by atoms with Gasteiger partial charge >= 0.3 is 5.97 Å². The average molecular weight is 279 g/mol. The first-order valence-corrected chi connectivity index (χ1v) is 6.65. The number of carbonyl (C=O) groups is 2. The first-order chi connectivity index (χ1) is 9.52. The molecule has 0 bridgehead atoms. The summed E-state index contributed by atoms with van der Waals surface area (Å²) in [5.74, 6) is -0.509. The summed E-state index contributed by atoms with van der Waals surface area (Å²) in [5.41, 5.74) is 0.890. The van der Waals surface area contributed by atoms with Gasteiger partial charge in [-0.25, -0.2) is 0 Å². The van der Waals surface area contributed by atoms with Crippen molar-refractivity contribution < 1.29 is 19.4 Å². The summed E-state index contributed by atoms with van der Waals surface area (Å²) in [5, 5.41) is 11.5. The van der Waals surface area contributed by atoms with Crippen LogP contribution in [0.4, 0.5) is 0 Å². The summed E-state index contributed by atoms with van der Waals surface area (Å²) in [7, 11) is 1.59. The molecule has 0 spiro atoms. The normalized spacial score (nSPS) is 11.7. The van der Waals surface area contributed by atoms with E-state index >= 15 is 0 Å². The first kappa shape index (κ1) is 16.0. The summed E-state index contributed by atoms with van der Waals surface area (Å²) in [4.78, 5) is 22.4. The summed E-state index contributed by atoms with van der Waals surface area (Å²) in [6, 6.07) is 7.37. The second-order valence-corrected chi connectivity index (χ2v) is 4.76. The van der Waals surface area contributed by atoms with Crippen molar-refractivity contribution in [3.05, 3.63) is 29.8 Å². The Morgan fingerprint density at radius 3 is 2.80 bits per heavy atom. The molecule has 5 heteroatoms. The molecule has 0 aliphatic carbocycles. The molecule has 0 aliphatic heterocycles. The summed E-state index contributed by atoms with van der Waals surface area (Å²) in [6.07, 6.45) is 1.53. The van der Waals surface area contributed by atoms with Crippen molar-refractivity contribution in [2.45, 2.75) is 26.2 Å². The van der Waals surface area contributed by atoms with Crippen molar-refractivity contribution in [3.8, 4) is 5.75 Å². The van der Waals surface area contributed by atoms with E-state index in [0.717, 1.165) is 11.3 Å². The van der Waals surface area contributed by atoms with Gasteiger partial charge in [0.1, 0.15) is 5.75 Å². The fraction of sp³-hybridized carbons (Fsp3) is 0.467. The number of carboxylic acids is 1. The van der Waals surface area contributed by atoms with Gasteiger partial charge in [-0.1, -0.05) is 19.1 Å². The SMILES string of the molecule is COc1cccc(CC(=O)NCCCC(C)C(=O)O)c1. The van der Waals surface area contributed by atoms with E-state index in [1.165, 1.54) is 0 Å². The number of nitrogens with one attached hydrogen (secondary N) is 1. The standard InChI is InChI=1S/C15H21NO4/c1-11(15(18)19)5-4-8-16-14(17)10-12-6-3-7-13(9-12)20-2/h3,6-7,9,11H,4-5,8,10H2,1-2H3,(H,16,17)(H,18,19). The van der Waals surface area contributed by atoms with Gasteiger partial charge < -0.3 is 15.2 Å². The molecule has 0 heterocycles. The van der Waals surface area contributed by atoms with Crippen LogP contribution in [0.3, 0.4) is 0 Å². The van der Waals surface area contributed by atoms with E-state index in [2.05, 4.69) is 5.32 Å². The number of amides is 1. The highest BCUT2D eigenvalue weighted by molar-refractivity contribution is 5.78. The van der Waals surface area contributed by atoms with Crippen LogP contribution in [-0.4, -0.2) is 30.6 Å². The number of hydrogen-bond acceptors (Lipinski definition) is 3. The Kier molecular flexibility index (Phi) is 6.56. The van der Waals surface area contributed by atoms with E-state index in [0.29, 0.717) is 25.8 Å². The van der Waals surface area contributed by atoms with Crippen molar-refractivity contribution >= 4 is 11.9 Å². The highest BCUT2D eigenvalue weighted by atomic mass is 16.5. The van der Waals surface area contributed by atoms with E-state index in [9.17, 15) is 9.59 Å². The molecular formula is C15H21NO4. The third kappa shape index (κ3) is 5.73. The number of carbonyl (C=O) groups excluding carboxylic acids is 1. The van der Waals surface area contributed by atoms with E-state index < -0.39 is 5.97 Å². The van der Waals surface area contributed by atoms with Gasteiger partial charge in [-0.2, -0.15) is 0 Å². The Bertz CT molecular complexity index is 459. The fourth-order valence-electron chi connectivity index (χ4n) is 1.79. The quantitative estimate of drug-likeness (QED) is 0.712. The molecule has 1 aromatic rings. The van der Waals surface area contributed by atoms with Gasteiger partial charge in [-0.15, -0.1) is 0 Å². The van der Waals surface area contributed by atoms with Gasteiger partial charge in [0.2, 0.25) is 5.91 Å². The Hall–Kier alpha value is -2.04. The third-order valence-electron chi connectivity index (χ3n) is 3.06. The van der Waals surface area contributed by atoms with Gasteiger partial charge in [0.15, 0.2) is 0 Å². The molecule has 0 aliphatic rings. The minimum atomic E-state index is -0.798. The molecule has 5 nitrogen and oxygen atoms in total. The number of benzene rings is 1. The first-order valence-electron chi connectivity index (χ1n) is 6.65. The number of aliphatic carboxylic acids is 1. The fourth-order valence-corrected chi connectivity index (χ4v) is 1.79. The molecule has 1 rings (SSSR count). The predicted octanol–water partition coefficient (Wildman–Crippen LogP) is 1.85. The van der Waals surface area contributed by atoms with Crippen molar-refractivity contribution in [2.75, 3.05) is 13.7 Å². The average Bonchev–Trinajstić information content (AvgIpc) is 2.43. The molecule has 0 aromatic heterocycles. The molecule has 1 atom stereocenters. The number of ether oxygens (including phenoxy) is 1. The minimum absolute atomic E-state index is 0.0683. The lowest BCUT2D eigenvalue weighted by Gasteiger charge is -2.08. The Balaban J connectivity index is 2.28. The maximum absolute atomic E-state index is 11.7. The van der Waals surface area contributed by atoms with Gasteiger partial charge in [-0.3, -0.25) is 9.59 Å². The Morgan fingerprint density at radius 1 is 1.40 bits per heavy atom. The second kappa shape index (κ2) is 8.19. The number of methoxy groups -OCH3 is 1. The lowest BCUT2D eigenvalue weighted by Crippen LogP contribution is -2.26. The molecule has 0 fully saturated rings. The Labute approximate surface area is 118 Å². The van der Waals surface area contributed by atoms with Crippen molar-refractivity contribution in [1.82, 2.24) is 5.32 Å². The number of rotatable bonds is 8. The molecule has 1 amide bonds. The highest BCUT2D eigenvalue weighted by Crippen LogP contribution is 2.12. The van der Waals surface area contributed by atoms with Crippen LogP contribution in [0.5, 0.6) is 5.75 Å². The largest absolute Gasteiger partial charge is 0.497 e. The van der Waals surface area contributed by atoms with Gasteiger partial charge in [0, 0.05) is 6.54 Å². The summed E-state index contributed by atoms with van der Waals surface area (Å²) in [6.45, 7) is 2.17. The van der Waals surface area contributed by atoms with Crippen molar-refractivity contribution in [3.63, 3.8) is 0 Å². The summed E-state index contributed by atoms with van der Waals surface area (Å²) < 4.78 is 5.10. The van der Waals surface area contributed by atoms with E-state index in [1.54, 1.807) is 14.0 Å². The van der Waals surface area contributed by atoms with Crippen LogP contribution >= 0.6 is 0 Å². The van der Waals surface area contributed by atoms with Gasteiger partial charge in [-0.05, 0) is 30.5 Å². The topological polar surface area (TPSA) is 75.6 Å². The van der Waals surface area contributed by atoms with Crippen LogP contribution in [0.15, 0.2) is 24.3 Å². The molecule has 0 saturated heterocycles. The zero-order chi connectivity index (χ0) is 15.0. The molecule has 0 saturated carbocycles. The molecular weight excluding hydrogens is 258 g/mol. The number of hydrogen-bond donors (Lipinski definition) is 2. The summed E-state index contributed by atoms with van der Waals surface area (Å²) >= 11 is 0. The van der Waals surface area contributed by atoms with Crippen LogP contribution in [0.25, 0.3) is 0 Å². The van der Waals surface area contributed by atoms with Crippen LogP contribution in [0.2, 0.25) is 0 Å². The smallest absolute Gasteiger partial charge is 0.306 e. The molecule has 1 aromatic carbocycles. The number of carboxylic acid groups (broad SMARTS) is 1. The van der Waals surface area contributed by atoms with Crippen molar-refractivity contribution in [1.29, 1.82) is 0 Å². The molecule has 0 radical (unpaired) electrons. The van der Waals surface area contributed by atoms with Crippen LogP contribution in [0, 0.1) is 5.92 Å². The van der Waals surface area contributed by atoms with E-state index in [4.69, 9.17) is 9.84 Å². The second-order valence-electron chi connectivity index (χ2n) is 4.76. The van der Waals surface area contributed by atoms with Gasteiger partial charge in [0.25, 0.3) is 0 Å². The molecule has 110 valence electrons. The minimum Gasteiger partial charge on any atom is -0.497 e. The zero-order valence-corrected chi connectivity index (χ0v) is 11.9. The zero-order valence-electron chi connectivity index (χ0n) is 11.9. The van der Waals surface area contributed by atoms with E-state index in [-0.39, 0.29) is 11.8 Å². The van der Waals surface area contributed by atoms with E-state index in [1.807, 2.05) is 24.3 Å². The van der Waals surface area contributed by atoms with Crippen molar-refractivity contribution in [2.24, 2.45) is 5.92 Å². The van der Waals surface area contributed by atoms with Gasteiger partial charge in [0.05, 0.1) is 19.4 Å². The van der Waals surface area contributed by atoms with Crippen LogP contribution in [-0.2, 0) is 16.0 Å². The lowest BCUT2D eigenvalue weighted by molar-refractivity contribution is -0.141. The van der Waals surface area contributed by atoms with Crippen LogP contribution < -0.4 is 10.1 Å².